The lowest BCUT2D eigenvalue weighted by Gasteiger charge is -2.18. The average molecular weight is 350 g/mol. The van der Waals surface area contributed by atoms with E-state index in [0.29, 0.717) is 6.10 Å². The molecule has 2 aliphatic rings. The topological polar surface area (TPSA) is 21.7 Å². The molecule has 0 N–H and O–H groups in total. The van der Waals surface area contributed by atoms with E-state index in [1.807, 2.05) is 29.5 Å². The Labute approximate surface area is 145 Å². The third kappa shape index (κ3) is 3.56. The summed E-state index contributed by atoms with van der Waals surface area (Å²) in [5.41, 5.74) is 1.17. The molecule has 4 rings (SSSR count). The van der Waals surface area contributed by atoms with Gasteiger partial charge in [-0.2, -0.15) is 0 Å². The van der Waals surface area contributed by atoms with Gasteiger partial charge in [-0.3, -0.25) is 4.90 Å². The molecule has 1 aromatic heterocycles. The Kier molecular flexibility index (Phi) is 4.58. The maximum atomic E-state index is 6.13. The molecule has 2 aliphatic heterocycles. The molecule has 122 valence electrons. The fourth-order valence-electron chi connectivity index (χ4n) is 3.23. The van der Waals surface area contributed by atoms with Crippen molar-refractivity contribution in [2.45, 2.75) is 32.0 Å². The molecule has 0 radical (unpaired) electrons. The van der Waals surface area contributed by atoms with Crippen molar-refractivity contribution in [1.82, 2.24) is 4.90 Å². The second-order valence-electron chi connectivity index (χ2n) is 6.12. The van der Waals surface area contributed by atoms with Gasteiger partial charge in [0.25, 0.3) is 0 Å². The van der Waals surface area contributed by atoms with Gasteiger partial charge >= 0.3 is 0 Å². The molecule has 2 aromatic rings. The Morgan fingerprint density at radius 1 is 1.22 bits per heavy atom. The number of nitrogens with zero attached hydrogens (tertiary/aromatic N) is 1. The molecule has 0 spiro atoms. The monoisotopic (exact) mass is 349 g/mol. The van der Waals surface area contributed by atoms with Crippen LogP contribution >= 0.6 is 22.9 Å². The molecule has 3 heterocycles. The van der Waals surface area contributed by atoms with Gasteiger partial charge in [0.05, 0.1) is 6.10 Å². The summed E-state index contributed by atoms with van der Waals surface area (Å²) in [4.78, 5) is 5.18. The zero-order chi connectivity index (χ0) is 15.6. The summed E-state index contributed by atoms with van der Waals surface area (Å²) in [6.07, 6.45) is 2.66. The van der Waals surface area contributed by atoms with Gasteiger partial charge in [0.2, 0.25) is 0 Å². The van der Waals surface area contributed by atoms with Crippen LogP contribution in [0.3, 0.4) is 0 Å². The van der Waals surface area contributed by atoms with E-state index in [0.717, 1.165) is 50.0 Å². The standard InChI is InChI=1S/C18H20ClNO2S/c19-14-3-5-16-13(10-14)11-20(7-9-22-16)12-15-4-6-18(23-15)17-2-1-8-21-17/h3-6,10,17H,1-2,7-9,11-12H2/t17-/m0/s1. The summed E-state index contributed by atoms with van der Waals surface area (Å²) in [6.45, 7) is 4.38. The number of rotatable bonds is 3. The normalized spacial score (nSPS) is 21.7. The van der Waals surface area contributed by atoms with Gasteiger partial charge in [-0.1, -0.05) is 11.6 Å². The van der Waals surface area contributed by atoms with Gasteiger partial charge < -0.3 is 9.47 Å². The number of hydrogen-bond donors (Lipinski definition) is 0. The Hall–Kier alpha value is -1.07. The van der Waals surface area contributed by atoms with Gasteiger partial charge in [-0.15, -0.1) is 11.3 Å². The van der Waals surface area contributed by atoms with Crippen molar-refractivity contribution in [3.05, 3.63) is 50.7 Å². The molecule has 1 saturated heterocycles. The highest BCUT2D eigenvalue weighted by molar-refractivity contribution is 7.12. The van der Waals surface area contributed by atoms with Gasteiger partial charge in [-0.25, -0.2) is 0 Å². The lowest BCUT2D eigenvalue weighted by molar-refractivity contribution is 0.114. The van der Waals surface area contributed by atoms with Crippen molar-refractivity contribution < 1.29 is 9.47 Å². The van der Waals surface area contributed by atoms with Crippen LogP contribution in [0.5, 0.6) is 5.75 Å². The second-order valence-corrected chi connectivity index (χ2v) is 7.75. The largest absolute Gasteiger partial charge is 0.492 e. The van der Waals surface area contributed by atoms with Crippen LogP contribution in [0.2, 0.25) is 5.02 Å². The molecular weight excluding hydrogens is 330 g/mol. The van der Waals surface area contributed by atoms with E-state index in [2.05, 4.69) is 17.0 Å². The molecule has 0 aliphatic carbocycles. The van der Waals surface area contributed by atoms with Crippen molar-refractivity contribution >= 4 is 22.9 Å². The number of thiophene rings is 1. The molecule has 23 heavy (non-hydrogen) atoms. The van der Waals surface area contributed by atoms with E-state index in [-0.39, 0.29) is 0 Å². The predicted octanol–water partition coefficient (Wildman–Crippen LogP) is 4.65. The van der Waals surface area contributed by atoms with Crippen LogP contribution in [-0.4, -0.2) is 24.7 Å². The molecule has 0 amide bonds. The van der Waals surface area contributed by atoms with Gasteiger partial charge in [0, 0.05) is 46.6 Å². The summed E-state index contributed by atoms with van der Waals surface area (Å²) in [5, 5.41) is 0.769. The quantitative estimate of drug-likeness (QED) is 0.805. The van der Waals surface area contributed by atoms with Crippen LogP contribution < -0.4 is 4.74 Å². The van der Waals surface area contributed by atoms with Crippen LogP contribution in [-0.2, 0) is 17.8 Å². The Morgan fingerprint density at radius 2 is 2.17 bits per heavy atom. The lowest BCUT2D eigenvalue weighted by Crippen LogP contribution is -2.24. The first-order valence-corrected chi connectivity index (χ1v) is 9.31. The third-order valence-electron chi connectivity index (χ3n) is 4.39. The van der Waals surface area contributed by atoms with Gasteiger partial charge in [0.15, 0.2) is 0 Å². The fraction of sp³-hybridized carbons (Fsp3) is 0.444. The number of ether oxygens (including phenoxy) is 2. The Bertz CT molecular complexity index is 681. The third-order valence-corrected chi connectivity index (χ3v) is 5.79. The first kappa shape index (κ1) is 15.5. The second kappa shape index (κ2) is 6.81. The summed E-state index contributed by atoms with van der Waals surface area (Å²) in [5.74, 6) is 0.961. The van der Waals surface area contributed by atoms with Crippen LogP contribution in [0.4, 0.5) is 0 Å². The zero-order valence-corrected chi connectivity index (χ0v) is 14.5. The minimum Gasteiger partial charge on any atom is -0.492 e. The molecule has 5 heteroatoms. The Balaban J connectivity index is 1.46. The maximum Gasteiger partial charge on any atom is 0.123 e. The van der Waals surface area contributed by atoms with Crippen LogP contribution in [0.25, 0.3) is 0 Å². The minimum absolute atomic E-state index is 0.320. The first-order chi connectivity index (χ1) is 11.3. The van der Waals surface area contributed by atoms with E-state index in [4.69, 9.17) is 21.1 Å². The van der Waals surface area contributed by atoms with E-state index in [1.54, 1.807) is 0 Å². The number of hydrogen-bond acceptors (Lipinski definition) is 4. The highest BCUT2D eigenvalue weighted by Gasteiger charge is 2.21. The summed E-state index contributed by atoms with van der Waals surface area (Å²) < 4.78 is 11.6. The van der Waals surface area contributed by atoms with E-state index < -0.39 is 0 Å². The molecule has 1 aromatic carbocycles. The van der Waals surface area contributed by atoms with Crippen molar-refractivity contribution in [3.8, 4) is 5.75 Å². The fourth-order valence-corrected chi connectivity index (χ4v) is 4.56. The van der Waals surface area contributed by atoms with Gasteiger partial charge in [-0.05, 0) is 43.2 Å². The summed E-state index contributed by atoms with van der Waals surface area (Å²) >= 11 is 8.01. The molecule has 0 unspecified atom stereocenters. The van der Waals surface area contributed by atoms with Crippen molar-refractivity contribution in [2.24, 2.45) is 0 Å². The van der Waals surface area contributed by atoms with Crippen LogP contribution in [0, 0.1) is 0 Å². The van der Waals surface area contributed by atoms with Crippen LogP contribution in [0.1, 0.15) is 34.3 Å². The average Bonchev–Trinajstić information content (AvgIpc) is 3.16. The van der Waals surface area contributed by atoms with Crippen LogP contribution in [0.15, 0.2) is 30.3 Å². The molecule has 3 nitrogen and oxygen atoms in total. The summed E-state index contributed by atoms with van der Waals surface area (Å²) in [7, 11) is 0. The van der Waals surface area contributed by atoms with E-state index in [1.165, 1.54) is 21.7 Å². The Morgan fingerprint density at radius 3 is 3.04 bits per heavy atom. The van der Waals surface area contributed by atoms with Crippen molar-refractivity contribution in [2.75, 3.05) is 19.8 Å². The lowest BCUT2D eigenvalue weighted by atomic mass is 10.2. The first-order valence-electron chi connectivity index (χ1n) is 8.12. The summed E-state index contributed by atoms with van der Waals surface area (Å²) in [6, 6.07) is 10.4. The maximum absolute atomic E-state index is 6.13. The zero-order valence-electron chi connectivity index (χ0n) is 13.0. The molecular formula is C18H20ClNO2S. The van der Waals surface area contributed by atoms with E-state index >= 15 is 0 Å². The molecule has 0 bridgehead atoms. The number of benzene rings is 1. The van der Waals surface area contributed by atoms with Crippen molar-refractivity contribution in [3.63, 3.8) is 0 Å². The molecule has 1 fully saturated rings. The van der Waals surface area contributed by atoms with E-state index in [9.17, 15) is 0 Å². The number of halogens is 1. The highest BCUT2D eigenvalue weighted by atomic mass is 35.5. The van der Waals surface area contributed by atoms with Crippen molar-refractivity contribution in [1.29, 1.82) is 0 Å². The number of fused-ring (bicyclic) bond motifs is 1. The predicted molar refractivity (Wildman–Crippen MR) is 93.3 cm³/mol. The SMILES string of the molecule is Clc1ccc2c(c1)CN(Cc1ccc([C@@H]3CCCO3)s1)CCO2. The van der Waals surface area contributed by atoms with Gasteiger partial charge in [0.1, 0.15) is 12.4 Å². The molecule has 1 atom stereocenters. The molecule has 0 saturated carbocycles. The highest BCUT2D eigenvalue weighted by Crippen LogP contribution is 2.34. The smallest absolute Gasteiger partial charge is 0.123 e. The minimum atomic E-state index is 0.320.